The minimum absolute atomic E-state index is 0.00928. The summed E-state index contributed by atoms with van der Waals surface area (Å²) in [5.74, 6) is -3.66. The molecule has 2 N–H and O–H groups in total. The summed E-state index contributed by atoms with van der Waals surface area (Å²) in [4.78, 5) is 50.1. The van der Waals surface area contributed by atoms with Crippen LogP contribution in [0.15, 0.2) is 30.0 Å². The number of hydrogen-bond acceptors (Lipinski definition) is 6. The van der Waals surface area contributed by atoms with Crippen LogP contribution in [0.1, 0.15) is 88.2 Å². The van der Waals surface area contributed by atoms with Crippen LogP contribution < -0.4 is 5.32 Å². The molecule has 1 aliphatic carbocycles. The number of carbonyl (C=O) groups is 3. The average Bonchev–Trinajstić information content (AvgIpc) is 3.77. The van der Waals surface area contributed by atoms with Gasteiger partial charge in [-0.15, -0.1) is 0 Å². The molecule has 0 bridgehead atoms. The van der Waals surface area contributed by atoms with E-state index in [0.29, 0.717) is 29.5 Å². The number of H-pyrrole nitrogens is 1. The zero-order chi connectivity index (χ0) is 34.5. The number of nitrogens with zero attached hydrogens (tertiary/aromatic N) is 5. The van der Waals surface area contributed by atoms with Crippen molar-refractivity contribution in [3.8, 4) is 0 Å². The number of amides is 3. The van der Waals surface area contributed by atoms with E-state index < -0.39 is 48.5 Å². The van der Waals surface area contributed by atoms with Gasteiger partial charge in [-0.2, -0.15) is 5.10 Å². The summed E-state index contributed by atoms with van der Waals surface area (Å²) in [5, 5.41) is 7.35. The van der Waals surface area contributed by atoms with Crippen molar-refractivity contribution < 1.29 is 32.3 Å². The number of likely N-dealkylation sites (tertiary alicyclic amines) is 1. The first kappa shape index (κ1) is 33.5. The van der Waals surface area contributed by atoms with Crippen LogP contribution in [0, 0.1) is 17.7 Å². The molecule has 258 valence electrons. The third-order valence-corrected chi connectivity index (χ3v) is 9.40. The van der Waals surface area contributed by atoms with Crippen molar-refractivity contribution in [2.75, 3.05) is 26.2 Å². The number of nitrogens with one attached hydrogen (secondary N) is 2. The fourth-order valence-electron chi connectivity index (χ4n) is 6.84. The first-order valence-electron chi connectivity index (χ1n) is 16.5. The van der Waals surface area contributed by atoms with Gasteiger partial charge < -0.3 is 19.9 Å². The summed E-state index contributed by atoms with van der Waals surface area (Å²) in [7, 11) is 0. The molecule has 2 aromatic heterocycles. The van der Waals surface area contributed by atoms with Gasteiger partial charge in [0.1, 0.15) is 22.6 Å². The Balaban J connectivity index is 1.35. The Hall–Kier alpha value is -4.36. The Labute approximate surface area is 276 Å². The van der Waals surface area contributed by atoms with Gasteiger partial charge in [-0.25, -0.2) is 22.9 Å². The molecule has 1 saturated carbocycles. The lowest BCUT2D eigenvalue weighted by atomic mass is 9.79. The zero-order valence-electron chi connectivity index (χ0n) is 27.9. The van der Waals surface area contributed by atoms with E-state index in [9.17, 15) is 23.2 Å². The van der Waals surface area contributed by atoms with Crippen molar-refractivity contribution in [3.63, 3.8) is 0 Å². The fraction of sp³-hybridized carbons (Fsp3) is 0.559. The Morgan fingerprint density at radius 2 is 1.79 bits per heavy atom. The van der Waals surface area contributed by atoms with E-state index in [0.717, 1.165) is 30.6 Å². The molecule has 1 saturated heterocycles. The van der Waals surface area contributed by atoms with Crippen molar-refractivity contribution in [2.24, 2.45) is 11.8 Å². The largest absolute Gasteiger partial charge is 0.444 e. The van der Waals surface area contributed by atoms with Crippen LogP contribution >= 0.6 is 0 Å². The number of ether oxygens (including phenoxy) is 1. The normalized spacial score (nSPS) is 21.8. The molecule has 48 heavy (non-hydrogen) atoms. The van der Waals surface area contributed by atoms with E-state index in [-0.39, 0.29) is 47.1 Å². The minimum Gasteiger partial charge on any atom is -0.444 e. The highest BCUT2D eigenvalue weighted by Crippen LogP contribution is 2.39. The number of benzene rings is 1. The molecule has 4 heterocycles. The average molecular weight is 670 g/mol. The second-order valence-electron chi connectivity index (χ2n) is 14.3. The second kappa shape index (κ2) is 12.6. The first-order chi connectivity index (χ1) is 22.6. The molecule has 3 amide bonds. The third-order valence-electron chi connectivity index (χ3n) is 9.40. The first-order valence-corrected chi connectivity index (χ1v) is 16.5. The van der Waals surface area contributed by atoms with Crippen LogP contribution in [-0.4, -0.2) is 85.2 Å². The van der Waals surface area contributed by atoms with Crippen LogP contribution in [0.25, 0.3) is 16.6 Å². The van der Waals surface area contributed by atoms with Gasteiger partial charge in [0.15, 0.2) is 5.82 Å². The molecule has 11 nitrogen and oxygen atoms in total. The van der Waals surface area contributed by atoms with Crippen LogP contribution in [0.5, 0.6) is 0 Å². The third kappa shape index (κ3) is 6.66. The number of imidazole rings is 1. The molecule has 2 fully saturated rings. The SMILES string of the molecule is CCn1nccc1C(=O)NC(c1nc2c(F)c(C3=C(C(=O)N4CC(F)(F)C4)CN(C(=O)OC(C)(C)C)C3)ccc2[nH]1)C1CCC(C)CC1. The van der Waals surface area contributed by atoms with Gasteiger partial charge in [0.25, 0.3) is 17.7 Å². The van der Waals surface area contributed by atoms with Gasteiger partial charge >= 0.3 is 6.09 Å². The minimum atomic E-state index is -2.99. The predicted molar refractivity (Wildman–Crippen MR) is 172 cm³/mol. The smallest absolute Gasteiger partial charge is 0.410 e. The Bertz CT molecular complexity index is 1760. The number of alkyl halides is 2. The van der Waals surface area contributed by atoms with Crippen LogP contribution in [0.2, 0.25) is 0 Å². The number of fused-ring (bicyclic) bond motifs is 1. The lowest BCUT2D eigenvalue weighted by Gasteiger charge is -2.39. The van der Waals surface area contributed by atoms with E-state index in [2.05, 4.69) is 27.3 Å². The molecule has 2 aliphatic heterocycles. The Morgan fingerprint density at radius 3 is 2.44 bits per heavy atom. The highest BCUT2D eigenvalue weighted by Gasteiger charge is 2.48. The molecule has 6 rings (SSSR count). The number of halogens is 3. The maximum absolute atomic E-state index is 16.5. The Kier molecular flexibility index (Phi) is 8.79. The molecule has 0 radical (unpaired) electrons. The van der Waals surface area contributed by atoms with E-state index in [4.69, 9.17) is 4.74 Å². The summed E-state index contributed by atoms with van der Waals surface area (Å²) < 4.78 is 51.1. The van der Waals surface area contributed by atoms with Crippen molar-refractivity contribution in [3.05, 3.63) is 52.9 Å². The summed E-state index contributed by atoms with van der Waals surface area (Å²) in [6.45, 7) is 7.88. The van der Waals surface area contributed by atoms with Gasteiger partial charge in [-0.1, -0.05) is 19.8 Å². The molecule has 3 aliphatic rings. The van der Waals surface area contributed by atoms with Crippen LogP contribution in [0.3, 0.4) is 0 Å². The highest BCUT2D eigenvalue weighted by atomic mass is 19.3. The summed E-state index contributed by atoms with van der Waals surface area (Å²) in [6.07, 6.45) is 4.57. The van der Waals surface area contributed by atoms with Gasteiger partial charge in [0.05, 0.1) is 37.7 Å². The standard InChI is InChI=1S/C34H42F3N7O4/c1-6-44-25(13-14-38-44)30(45)41-27(20-9-7-19(2)8-10-20)29-39-24-12-11-21(26(35)28(24)40-29)22-15-42(32(47)48-33(3,4)5)16-23(22)31(46)43-17-34(36,37)18-43/h11-14,19-20,27H,6-10,15-18H2,1-5H3,(H,39,40)(H,41,45). The van der Waals surface area contributed by atoms with Gasteiger partial charge in [0, 0.05) is 23.9 Å². The van der Waals surface area contributed by atoms with Gasteiger partial charge in [-0.05, 0) is 76.1 Å². The van der Waals surface area contributed by atoms with Crippen molar-refractivity contribution in [1.82, 2.24) is 34.9 Å². The number of hydrogen-bond donors (Lipinski definition) is 2. The quantitative estimate of drug-likeness (QED) is 0.333. The number of rotatable bonds is 7. The van der Waals surface area contributed by atoms with Crippen molar-refractivity contribution >= 4 is 34.5 Å². The number of carbonyl (C=O) groups excluding carboxylic acids is 3. The fourth-order valence-corrected chi connectivity index (χ4v) is 6.84. The maximum Gasteiger partial charge on any atom is 0.410 e. The highest BCUT2D eigenvalue weighted by molar-refractivity contribution is 6.05. The molecular weight excluding hydrogens is 627 g/mol. The molecule has 3 aromatic rings. The lowest BCUT2D eigenvalue weighted by Crippen LogP contribution is -2.59. The molecular formula is C34H42F3N7O4. The zero-order valence-corrected chi connectivity index (χ0v) is 27.9. The van der Waals surface area contributed by atoms with Gasteiger partial charge in [-0.3, -0.25) is 19.2 Å². The van der Waals surface area contributed by atoms with E-state index >= 15 is 4.39 Å². The summed E-state index contributed by atoms with van der Waals surface area (Å²) >= 11 is 0. The second-order valence-corrected chi connectivity index (χ2v) is 14.3. The maximum atomic E-state index is 16.5. The Morgan fingerprint density at radius 1 is 1.08 bits per heavy atom. The van der Waals surface area contributed by atoms with Crippen molar-refractivity contribution in [2.45, 2.75) is 84.4 Å². The molecule has 14 heteroatoms. The molecule has 1 unspecified atom stereocenters. The number of aromatic nitrogens is 4. The monoisotopic (exact) mass is 669 g/mol. The van der Waals surface area contributed by atoms with E-state index in [1.165, 1.54) is 11.0 Å². The predicted octanol–water partition coefficient (Wildman–Crippen LogP) is 5.70. The lowest BCUT2D eigenvalue weighted by molar-refractivity contribution is -0.161. The van der Waals surface area contributed by atoms with Crippen LogP contribution in [-0.2, 0) is 16.1 Å². The summed E-state index contributed by atoms with van der Waals surface area (Å²) in [5.41, 5.74) is 0.305. The number of aromatic amines is 1. The molecule has 1 aromatic carbocycles. The summed E-state index contributed by atoms with van der Waals surface area (Å²) in [6, 6.07) is 4.26. The molecule has 1 atom stereocenters. The van der Waals surface area contributed by atoms with E-state index in [1.807, 2.05) is 6.92 Å². The topological polar surface area (TPSA) is 125 Å². The number of aryl methyl sites for hydroxylation is 1. The molecule has 0 spiro atoms. The van der Waals surface area contributed by atoms with E-state index in [1.54, 1.807) is 43.8 Å². The van der Waals surface area contributed by atoms with Crippen LogP contribution in [0.4, 0.5) is 18.0 Å². The van der Waals surface area contributed by atoms with Crippen molar-refractivity contribution in [1.29, 1.82) is 0 Å². The van der Waals surface area contributed by atoms with Gasteiger partial charge in [0.2, 0.25) is 0 Å².